The number of hydrogen-bond acceptors (Lipinski definition) is 4. The van der Waals surface area contributed by atoms with Crippen LogP contribution in [0.25, 0.3) is 11.5 Å². The van der Waals surface area contributed by atoms with Crippen LogP contribution in [-0.2, 0) is 0 Å². The molecule has 0 spiro atoms. The molecule has 18 heavy (non-hydrogen) atoms. The van der Waals surface area contributed by atoms with Gasteiger partial charge in [0.05, 0.1) is 12.0 Å². The van der Waals surface area contributed by atoms with Crippen LogP contribution in [0.2, 0.25) is 0 Å². The number of rotatable bonds is 3. The minimum atomic E-state index is -0.565. The van der Waals surface area contributed by atoms with Crippen LogP contribution in [0.15, 0.2) is 33.7 Å². The van der Waals surface area contributed by atoms with Gasteiger partial charge >= 0.3 is 5.69 Å². The van der Waals surface area contributed by atoms with Gasteiger partial charge in [-0.05, 0) is 31.0 Å². The summed E-state index contributed by atoms with van der Waals surface area (Å²) in [6, 6.07) is 5.15. The van der Waals surface area contributed by atoms with Crippen molar-refractivity contribution < 1.29 is 9.21 Å². The van der Waals surface area contributed by atoms with Crippen LogP contribution in [0.1, 0.15) is 23.3 Å². The van der Waals surface area contributed by atoms with Crippen LogP contribution in [0.4, 0.5) is 0 Å². The van der Waals surface area contributed by atoms with Gasteiger partial charge in [0, 0.05) is 6.04 Å². The Hall–Kier alpha value is -2.37. The van der Waals surface area contributed by atoms with Crippen molar-refractivity contribution in [3.63, 3.8) is 0 Å². The first kappa shape index (κ1) is 10.8. The van der Waals surface area contributed by atoms with Crippen LogP contribution in [-0.4, -0.2) is 21.9 Å². The molecule has 0 saturated heterocycles. The fourth-order valence-electron chi connectivity index (χ4n) is 1.63. The van der Waals surface area contributed by atoms with Gasteiger partial charge in [-0.1, -0.05) is 0 Å². The number of nitrogens with zero attached hydrogens (tertiary/aromatic N) is 1. The van der Waals surface area contributed by atoms with Crippen molar-refractivity contribution in [1.82, 2.24) is 15.3 Å². The van der Waals surface area contributed by atoms with Crippen LogP contribution in [0.3, 0.4) is 0 Å². The zero-order chi connectivity index (χ0) is 12.5. The Morgan fingerprint density at radius 2 is 2.33 bits per heavy atom. The predicted molar refractivity (Wildman–Crippen MR) is 63.0 cm³/mol. The van der Waals surface area contributed by atoms with Gasteiger partial charge in [0.1, 0.15) is 11.5 Å². The maximum Gasteiger partial charge on any atom is 0.346 e. The van der Waals surface area contributed by atoms with Crippen LogP contribution >= 0.6 is 0 Å². The fourth-order valence-corrected chi connectivity index (χ4v) is 1.63. The molecule has 1 aliphatic rings. The number of amides is 1. The predicted octanol–water partition coefficient (Wildman–Crippen LogP) is 0.922. The summed E-state index contributed by atoms with van der Waals surface area (Å²) in [6.07, 6.45) is 3.47. The van der Waals surface area contributed by atoms with Gasteiger partial charge in [-0.2, -0.15) is 4.98 Å². The highest BCUT2D eigenvalue weighted by molar-refractivity contribution is 5.93. The third kappa shape index (κ3) is 2.17. The zero-order valence-corrected chi connectivity index (χ0v) is 9.47. The normalized spacial score (nSPS) is 14.4. The number of H-pyrrole nitrogens is 1. The third-order valence-electron chi connectivity index (χ3n) is 2.68. The van der Waals surface area contributed by atoms with Crippen LogP contribution in [0, 0.1) is 0 Å². The molecule has 1 aliphatic carbocycles. The number of nitrogens with one attached hydrogen (secondary N) is 2. The van der Waals surface area contributed by atoms with Gasteiger partial charge in [0.2, 0.25) is 0 Å². The average Bonchev–Trinajstić information content (AvgIpc) is 2.99. The highest BCUT2D eigenvalue weighted by Gasteiger charge is 2.24. The Balaban J connectivity index is 1.95. The summed E-state index contributed by atoms with van der Waals surface area (Å²) in [5.41, 5.74) is -0.0113. The summed E-state index contributed by atoms with van der Waals surface area (Å²) in [5, 5.41) is 2.79. The topological polar surface area (TPSA) is 88.0 Å². The lowest BCUT2D eigenvalue weighted by Gasteiger charge is -2.03. The van der Waals surface area contributed by atoms with E-state index in [9.17, 15) is 9.59 Å². The summed E-state index contributed by atoms with van der Waals surface area (Å²) >= 11 is 0. The highest BCUT2D eigenvalue weighted by atomic mass is 16.3. The van der Waals surface area contributed by atoms with Gasteiger partial charge in [0.15, 0.2) is 0 Å². The molecule has 1 fully saturated rings. The summed E-state index contributed by atoms with van der Waals surface area (Å²) in [5.74, 6) is 0.173. The Labute approximate surface area is 102 Å². The quantitative estimate of drug-likeness (QED) is 0.841. The molecule has 2 N–H and O–H groups in total. The SMILES string of the molecule is O=C(NC1CC1)c1cc(-c2ccco2)[nH]c(=O)n1. The second kappa shape index (κ2) is 4.14. The third-order valence-corrected chi connectivity index (χ3v) is 2.68. The molecule has 0 aliphatic heterocycles. The minimum absolute atomic E-state index is 0.108. The van der Waals surface area contributed by atoms with E-state index in [4.69, 9.17) is 4.42 Å². The van der Waals surface area contributed by atoms with Gasteiger partial charge in [0.25, 0.3) is 5.91 Å². The van der Waals surface area contributed by atoms with Crippen molar-refractivity contribution in [3.8, 4) is 11.5 Å². The first-order chi connectivity index (χ1) is 8.72. The van der Waals surface area contributed by atoms with Crippen molar-refractivity contribution in [2.45, 2.75) is 18.9 Å². The smallest absolute Gasteiger partial charge is 0.346 e. The molecular weight excluding hydrogens is 234 g/mol. The molecular formula is C12H11N3O3. The van der Waals surface area contributed by atoms with Gasteiger partial charge in [-0.25, -0.2) is 4.79 Å². The van der Waals surface area contributed by atoms with E-state index in [0.29, 0.717) is 11.5 Å². The van der Waals surface area contributed by atoms with E-state index < -0.39 is 5.69 Å². The van der Waals surface area contributed by atoms with E-state index in [2.05, 4.69) is 15.3 Å². The lowest BCUT2D eigenvalue weighted by Crippen LogP contribution is -2.28. The number of aromatic nitrogens is 2. The average molecular weight is 245 g/mol. The van der Waals surface area contributed by atoms with E-state index >= 15 is 0 Å². The monoisotopic (exact) mass is 245 g/mol. The van der Waals surface area contributed by atoms with Crippen molar-refractivity contribution >= 4 is 5.91 Å². The molecule has 1 amide bonds. The molecule has 1 saturated carbocycles. The number of furan rings is 1. The molecule has 2 heterocycles. The van der Waals surface area contributed by atoms with Crippen molar-refractivity contribution in [2.75, 3.05) is 0 Å². The number of carbonyl (C=O) groups is 1. The molecule has 3 rings (SSSR count). The maximum atomic E-state index is 11.8. The largest absolute Gasteiger partial charge is 0.463 e. The lowest BCUT2D eigenvalue weighted by molar-refractivity contribution is 0.0945. The first-order valence-corrected chi connectivity index (χ1v) is 5.68. The van der Waals surface area contributed by atoms with Crippen LogP contribution in [0.5, 0.6) is 0 Å². The highest BCUT2D eigenvalue weighted by Crippen LogP contribution is 2.20. The molecule has 0 atom stereocenters. The summed E-state index contributed by atoms with van der Waals surface area (Å²) in [6.45, 7) is 0. The molecule has 92 valence electrons. The summed E-state index contributed by atoms with van der Waals surface area (Å²) in [4.78, 5) is 29.4. The maximum absolute atomic E-state index is 11.8. The standard InChI is InChI=1S/C12H11N3O3/c16-11(13-7-3-4-7)9-6-8(14-12(17)15-9)10-2-1-5-18-10/h1-2,5-7H,3-4H2,(H,13,16)(H,14,15,17). The van der Waals surface area contributed by atoms with E-state index in [-0.39, 0.29) is 17.6 Å². The zero-order valence-electron chi connectivity index (χ0n) is 9.47. The van der Waals surface area contributed by atoms with Gasteiger partial charge in [-0.15, -0.1) is 0 Å². The van der Waals surface area contributed by atoms with Gasteiger partial charge in [-0.3, -0.25) is 4.79 Å². The lowest BCUT2D eigenvalue weighted by atomic mass is 10.2. The fraction of sp³-hybridized carbons (Fsp3) is 0.250. The van der Waals surface area contributed by atoms with Gasteiger partial charge < -0.3 is 14.7 Å². The summed E-state index contributed by atoms with van der Waals surface area (Å²) < 4.78 is 5.17. The second-order valence-electron chi connectivity index (χ2n) is 4.21. The van der Waals surface area contributed by atoms with Crippen molar-refractivity contribution in [1.29, 1.82) is 0 Å². The Kier molecular flexibility index (Phi) is 2.47. The molecule has 6 heteroatoms. The number of carbonyl (C=O) groups excluding carboxylic acids is 1. The molecule has 0 radical (unpaired) electrons. The van der Waals surface area contributed by atoms with E-state index in [1.807, 2.05) is 0 Å². The van der Waals surface area contributed by atoms with Crippen molar-refractivity contribution in [3.05, 3.63) is 40.6 Å². The Morgan fingerprint density at radius 3 is 3.00 bits per heavy atom. The molecule has 6 nitrogen and oxygen atoms in total. The molecule has 0 bridgehead atoms. The molecule has 2 aromatic heterocycles. The molecule has 0 unspecified atom stereocenters. The Morgan fingerprint density at radius 1 is 1.50 bits per heavy atom. The van der Waals surface area contributed by atoms with E-state index in [1.165, 1.54) is 12.3 Å². The van der Waals surface area contributed by atoms with E-state index in [0.717, 1.165) is 12.8 Å². The minimum Gasteiger partial charge on any atom is -0.463 e. The molecule has 2 aromatic rings. The number of hydrogen-bond donors (Lipinski definition) is 2. The van der Waals surface area contributed by atoms with E-state index in [1.54, 1.807) is 12.1 Å². The summed E-state index contributed by atoms with van der Waals surface area (Å²) in [7, 11) is 0. The van der Waals surface area contributed by atoms with Crippen molar-refractivity contribution in [2.24, 2.45) is 0 Å². The first-order valence-electron chi connectivity index (χ1n) is 5.68. The number of aromatic amines is 1. The second-order valence-corrected chi connectivity index (χ2v) is 4.21. The Bertz CT molecular complexity index is 626. The molecule has 0 aromatic carbocycles. The van der Waals surface area contributed by atoms with Crippen LogP contribution < -0.4 is 11.0 Å².